The van der Waals surface area contributed by atoms with Crippen LogP contribution in [0.2, 0.25) is 0 Å². The van der Waals surface area contributed by atoms with Crippen molar-refractivity contribution in [3.8, 4) is 0 Å². The van der Waals surface area contributed by atoms with Gasteiger partial charge in [0.15, 0.2) is 0 Å². The molecule has 2 atom stereocenters. The summed E-state index contributed by atoms with van der Waals surface area (Å²) < 4.78 is 0. The molecule has 1 aromatic carbocycles. The maximum absolute atomic E-state index is 11.8. The molecule has 2 unspecified atom stereocenters. The molecule has 1 rings (SSSR count). The number of carbonyl (C=O) groups is 2. The molecule has 20 heavy (non-hydrogen) atoms. The molecule has 0 aliphatic carbocycles. The first-order valence-electron chi connectivity index (χ1n) is 6.84. The summed E-state index contributed by atoms with van der Waals surface area (Å²) in [6, 6.07) is 9.22. The second-order valence-corrected chi connectivity index (χ2v) is 4.91. The van der Waals surface area contributed by atoms with E-state index in [1.165, 1.54) is 0 Å². The predicted molar refractivity (Wildman–Crippen MR) is 77.6 cm³/mol. The van der Waals surface area contributed by atoms with Crippen LogP contribution in [0.4, 0.5) is 4.79 Å². The van der Waals surface area contributed by atoms with Crippen LogP contribution >= 0.6 is 0 Å². The van der Waals surface area contributed by atoms with Crippen molar-refractivity contribution in [3.63, 3.8) is 0 Å². The molecule has 0 aliphatic heterocycles. The van der Waals surface area contributed by atoms with E-state index in [0.29, 0.717) is 6.42 Å². The number of aliphatic carboxylic acids is 1. The Bertz CT molecular complexity index is 434. The Morgan fingerprint density at radius 1 is 1.20 bits per heavy atom. The fourth-order valence-electron chi connectivity index (χ4n) is 1.98. The number of carboxylic acid groups (broad SMARTS) is 1. The average molecular weight is 278 g/mol. The van der Waals surface area contributed by atoms with Gasteiger partial charge in [0.05, 0.1) is 6.42 Å². The maximum atomic E-state index is 11.8. The lowest BCUT2D eigenvalue weighted by Gasteiger charge is -2.19. The van der Waals surface area contributed by atoms with E-state index >= 15 is 0 Å². The normalized spacial score (nSPS) is 13.3. The topological polar surface area (TPSA) is 78.4 Å². The van der Waals surface area contributed by atoms with Crippen LogP contribution in [0.5, 0.6) is 0 Å². The average Bonchev–Trinajstić information content (AvgIpc) is 2.38. The smallest absolute Gasteiger partial charge is 0.315 e. The molecule has 0 aromatic heterocycles. The van der Waals surface area contributed by atoms with Crippen LogP contribution in [0.3, 0.4) is 0 Å². The van der Waals surface area contributed by atoms with E-state index in [1.807, 2.05) is 44.2 Å². The third-order valence-electron chi connectivity index (χ3n) is 3.01. The zero-order valence-corrected chi connectivity index (χ0v) is 11.9. The SMILES string of the molecule is CCC(CC(=O)O)NC(=O)NC(C)Cc1ccccc1. The summed E-state index contributed by atoms with van der Waals surface area (Å²) in [5, 5.41) is 14.2. The monoisotopic (exact) mass is 278 g/mol. The van der Waals surface area contributed by atoms with Crippen LogP contribution in [0.1, 0.15) is 32.3 Å². The Hall–Kier alpha value is -2.04. The van der Waals surface area contributed by atoms with Crippen molar-refractivity contribution in [2.75, 3.05) is 0 Å². The Balaban J connectivity index is 2.39. The van der Waals surface area contributed by atoms with Gasteiger partial charge in [-0.15, -0.1) is 0 Å². The summed E-state index contributed by atoms with van der Waals surface area (Å²) in [5.41, 5.74) is 1.15. The van der Waals surface area contributed by atoms with Crippen LogP contribution in [-0.2, 0) is 11.2 Å². The van der Waals surface area contributed by atoms with Crippen LogP contribution in [0.25, 0.3) is 0 Å². The number of nitrogens with one attached hydrogen (secondary N) is 2. The molecular formula is C15H22N2O3. The number of hydrogen-bond donors (Lipinski definition) is 3. The largest absolute Gasteiger partial charge is 0.481 e. The predicted octanol–water partition coefficient (Wildman–Crippen LogP) is 2.17. The molecule has 1 aromatic rings. The molecule has 5 nitrogen and oxygen atoms in total. The third kappa shape index (κ3) is 6.22. The lowest BCUT2D eigenvalue weighted by atomic mass is 10.1. The van der Waals surface area contributed by atoms with Crippen molar-refractivity contribution < 1.29 is 14.7 Å². The molecule has 2 amide bonds. The van der Waals surface area contributed by atoms with E-state index in [-0.39, 0.29) is 24.5 Å². The summed E-state index contributed by atoms with van der Waals surface area (Å²) in [4.78, 5) is 22.4. The van der Waals surface area contributed by atoms with Crippen LogP contribution in [-0.4, -0.2) is 29.2 Å². The van der Waals surface area contributed by atoms with Crippen LogP contribution in [0, 0.1) is 0 Å². The van der Waals surface area contributed by atoms with E-state index in [0.717, 1.165) is 12.0 Å². The Labute approximate surface area is 119 Å². The van der Waals surface area contributed by atoms with Gasteiger partial charge in [-0.2, -0.15) is 0 Å². The van der Waals surface area contributed by atoms with Gasteiger partial charge in [-0.3, -0.25) is 4.79 Å². The molecule has 110 valence electrons. The van der Waals surface area contributed by atoms with Crippen molar-refractivity contribution in [1.82, 2.24) is 10.6 Å². The highest BCUT2D eigenvalue weighted by Gasteiger charge is 2.15. The number of hydrogen-bond acceptors (Lipinski definition) is 2. The fraction of sp³-hybridized carbons (Fsp3) is 0.467. The second-order valence-electron chi connectivity index (χ2n) is 4.91. The van der Waals surface area contributed by atoms with Gasteiger partial charge in [0.1, 0.15) is 0 Å². The van der Waals surface area contributed by atoms with Gasteiger partial charge in [-0.1, -0.05) is 37.3 Å². The highest BCUT2D eigenvalue weighted by atomic mass is 16.4. The maximum Gasteiger partial charge on any atom is 0.315 e. The number of carbonyl (C=O) groups excluding carboxylic acids is 1. The van der Waals surface area contributed by atoms with E-state index in [2.05, 4.69) is 10.6 Å². The highest BCUT2D eigenvalue weighted by Crippen LogP contribution is 2.03. The van der Waals surface area contributed by atoms with Crippen molar-refractivity contribution in [1.29, 1.82) is 0 Å². The van der Waals surface area contributed by atoms with Gasteiger partial charge in [-0.05, 0) is 25.3 Å². The van der Waals surface area contributed by atoms with Crippen molar-refractivity contribution >= 4 is 12.0 Å². The zero-order valence-electron chi connectivity index (χ0n) is 11.9. The molecule has 0 spiro atoms. The Morgan fingerprint density at radius 3 is 2.40 bits per heavy atom. The van der Waals surface area contributed by atoms with E-state index in [4.69, 9.17) is 5.11 Å². The second kappa shape index (κ2) is 8.19. The summed E-state index contributed by atoms with van der Waals surface area (Å²) in [6.45, 7) is 3.77. The van der Waals surface area contributed by atoms with Crippen molar-refractivity contribution in [3.05, 3.63) is 35.9 Å². The molecular weight excluding hydrogens is 256 g/mol. The lowest BCUT2D eigenvalue weighted by Crippen LogP contribution is -2.46. The molecule has 0 bridgehead atoms. The fourth-order valence-corrected chi connectivity index (χ4v) is 1.98. The van der Waals surface area contributed by atoms with Gasteiger partial charge in [0.25, 0.3) is 0 Å². The minimum atomic E-state index is -0.908. The van der Waals surface area contributed by atoms with E-state index < -0.39 is 5.97 Å². The van der Waals surface area contributed by atoms with Gasteiger partial charge < -0.3 is 15.7 Å². The van der Waals surface area contributed by atoms with Crippen LogP contribution in [0.15, 0.2) is 30.3 Å². The van der Waals surface area contributed by atoms with Gasteiger partial charge in [0.2, 0.25) is 0 Å². The Morgan fingerprint density at radius 2 is 1.85 bits per heavy atom. The Kier molecular flexibility index (Phi) is 6.56. The molecule has 0 fully saturated rings. The summed E-state index contributed by atoms with van der Waals surface area (Å²) in [6.07, 6.45) is 1.27. The molecule has 0 heterocycles. The van der Waals surface area contributed by atoms with Crippen LogP contribution < -0.4 is 10.6 Å². The number of urea groups is 1. The molecule has 0 aliphatic rings. The van der Waals surface area contributed by atoms with Crippen molar-refractivity contribution in [2.45, 2.75) is 45.2 Å². The first kappa shape index (κ1) is 16.0. The first-order chi connectivity index (χ1) is 9.51. The standard InChI is InChI=1S/C15H22N2O3/c1-3-13(10-14(18)19)17-15(20)16-11(2)9-12-7-5-4-6-8-12/h4-8,11,13H,3,9-10H2,1-2H3,(H,18,19)(H2,16,17,20). The molecule has 5 heteroatoms. The number of benzene rings is 1. The lowest BCUT2D eigenvalue weighted by molar-refractivity contribution is -0.137. The van der Waals surface area contributed by atoms with E-state index in [9.17, 15) is 9.59 Å². The zero-order chi connectivity index (χ0) is 15.0. The van der Waals surface area contributed by atoms with E-state index in [1.54, 1.807) is 0 Å². The summed E-state index contributed by atoms with van der Waals surface area (Å²) >= 11 is 0. The minimum Gasteiger partial charge on any atom is -0.481 e. The molecule has 0 radical (unpaired) electrons. The highest BCUT2D eigenvalue weighted by molar-refractivity contribution is 5.76. The number of amides is 2. The van der Waals surface area contributed by atoms with Gasteiger partial charge in [0, 0.05) is 12.1 Å². The summed E-state index contributed by atoms with van der Waals surface area (Å²) in [7, 11) is 0. The van der Waals surface area contributed by atoms with Gasteiger partial charge in [-0.25, -0.2) is 4.79 Å². The number of rotatable bonds is 7. The molecule has 0 saturated carbocycles. The third-order valence-corrected chi connectivity index (χ3v) is 3.01. The molecule has 0 saturated heterocycles. The minimum absolute atomic E-state index is 0.0141. The van der Waals surface area contributed by atoms with Gasteiger partial charge >= 0.3 is 12.0 Å². The quantitative estimate of drug-likeness (QED) is 0.715. The number of carboxylic acids is 1. The molecule has 3 N–H and O–H groups in total. The van der Waals surface area contributed by atoms with Crippen molar-refractivity contribution in [2.24, 2.45) is 0 Å². The first-order valence-corrected chi connectivity index (χ1v) is 6.84. The summed E-state index contributed by atoms with van der Waals surface area (Å²) in [5.74, 6) is -0.908.